The molecule has 2 N–H and O–H groups in total. The number of thiophene rings is 1. The van der Waals surface area contributed by atoms with Gasteiger partial charge in [-0.25, -0.2) is 0 Å². The van der Waals surface area contributed by atoms with Gasteiger partial charge in [0.2, 0.25) is 0 Å². The molecule has 110 valence electrons. The molecule has 3 aromatic rings. The molecule has 3 rings (SSSR count). The highest BCUT2D eigenvalue weighted by atomic mass is 35.5. The number of pyridine rings is 1. The molecule has 22 heavy (non-hydrogen) atoms. The van der Waals surface area contributed by atoms with Crippen LogP contribution < -0.4 is 10.9 Å². The highest BCUT2D eigenvalue weighted by Gasteiger charge is 2.17. The molecule has 0 unspecified atom stereocenters. The summed E-state index contributed by atoms with van der Waals surface area (Å²) in [7, 11) is 0. The second-order valence-corrected chi connectivity index (χ2v) is 5.79. The second-order valence-electron chi connectivity index (χ2n) is 4.36. The summed E-state index contributed by atoms with van der Waals surface area (Å²) in [4.78, 5) is 28.2. The lowest BCUT2D eigenvalue weighted by Crippen LogP contribution is -2.41. The third-order valence-electron chi connectivity index (χ3n) is 2.93. The van der Waals surface area contributed by atoms with Gasteiger partial charge in [-0.1, -0.05) is 35.9 Å². The maximum absolute atomic E-state index is 12.2. The average molecular weight is 332 g/mol. The smallest absolute Gasteiger partial charge is 0.266 e. The lowest BCUT2D eigenvalue weighted by Gasteiger charge is -2.05. The van der Waals surface area contributed by atoms with E-state index in [1.54, 1.807) is 18.2 Å². The van der Waals surface area contributed by atoms with E-state index in [4.69, 9.17) is 11.6 Å². The summed E-state index contributed by atoms with van der Waals surface area (Å²) in [6.07, 6.45) is 1.50. The van der Waals surface area contributed by atoms with Crippen LogP contribution in [0, 0.1) is 0 Å². The van der Waals surface area contributed by atoms with Crippen molar-refractivity contribution in [3.63, 3.8) is 0 Å². The maximum atomic E-state index is 12.2. The van der Waals surface area contributed by atoms with Crippen LogP contribution >= 0.6 is 22.9 Å². The van der Waals surface area contributed by atoms with Crippen LogP contribution in [0.3, 0.4) is 0 Å². The highest BCUT2D eigenvalue weighted by molar-refractivity contribution is 7.21. The van der Waals surface area contributed by atoms with Gasteiger partial charge in [-0.15, -0.1) is 11.3 Å². The summed E-state index contributed by atoms with van der Waals surface area (Å²) in [6, 6.07) is 12.4. The molecule has 0 bridgehead atoms. The van der Waals surface area contributed by atoms with Gasteiger partial charge in [0.1, 0.15) is 10.6 Å². The van der Waals surface area contributed by atoms with E-state index < -0.39 is 11.8 Å². The molecular weight excluding hydrogens is 322 g/mol. The molecule has 0 saturated heterocycles. The summed E-state index contributed by atoms with van der Waals surface area (Å²) >= 11 is 7.48. The van der Waals surface area contributed by atoms with Crippen LogP contribution in [0.1, 0.15) is 20.2 Å². The van der Waals surface area contributed by atoms with Crippen molar-refractivity contribution in [1.82, 2.24) is 15.8 Å². The van der Waals surface area contributed by atoms with Crippen molar-refractivity contribution in [2.24, 2.45) is 0 Å². The number of fused-ring (bicyclic) bond motifs is 1. The molecule has 0 atom stereocenters. The number of hydrazine groups is 1. The molecule has 1 aromatic carbocycles. The number of hydrogen-bond donors (Lipinski definition) is 2. The molecule has 0 saturated carbocycles. The van der Waals surface area contributed by atoms with Crippen molar-refractivity contribution >= 4 is 44.8 Å². The van der Waals surface area contributed by atoms with Crippen molar-refractivity contribution in [2.75, 3.05) is 0 Å². The normalized spacial score (nSPS) is 10.4. The number of rotatable bonds is 2. The highest BCUT2D eigenvalue weighted by Crippen LogP contribution is 2.34. The first kappa shape index (κ1) is 14.5. The Hall–Kier alpha value is -2.44. The van der Waals surface area contributed by atoms with Gasteiger partial charge in [0, 0.05) is 16.3 Å². The van der Waals surface area contributed by atoms with E-state index in [2.05, 4.69) is 15.8 Å². The molecule has 2 aromatic heterocycles. The lowest BCUT2D eigenvalue weighted by atomic mass is 10.2. The standard InChI is InChI=1S/C15H10ClN3O2S/c16-12-9-5-1-2-7-11(9)22-13(12)15(21)19-18-14(20)10-6-3-4-8-17-10/h1-8H,(H,18,20)(H,19,21). The van der Waals surface area contributed by atoms with Gasteiger partial charge in [0.15, 0.2) is 0 Å². The van der Waals surface area contributed by atoms with E-state index in [1.165, 1.54) is 17.5 Å². The van der Waals surface area contributed by atoms with Crippen LogP contribution in [0.25, 0.3) is 10.1 Å². The molecular formula is C15H10ClN3O2S. The minimum atomic E-state index is -0.494. The van der Waals surface area contributed by atoms with Crippen LogP contribution in [0.2, 0.25) is 5.02 Å². The van der Waals surface area contributed by atoms with E-state index in [-0.39, 0.29) is 5.69 Å². The Kier molecular flexibility index (Phi) is 4.04. The van der Waals surface area contributed by atoms with E-state index in [1.807, 2.05) is 24.3 Å². The monoisotopic (exact) mass is 331 g/mol. The molecule has 0 aliphatic carbocycles. The molecule has 0 fully saturated rings. The fraction of sp³-hybridized carbons (Fsp3) is 0. The van der Waals surface area contributed by atoms with Gasteiger partial charge in [0.25, 0.3) is 11.8 Å². The zero-order valence-electron chi connectivity index (χ0n) is 11.2. The topological polar surface area (TPSA) is 71.1 Å². The fourth-order valence-electron chi connectivity index (χ4n) is 1.89. The maximum Gasteiger partial charge on any atom is 0.288 e. The second kappa shape index (κ2) is 6.13. The third kappa shape index (κ3) is 2.79. The minimum Gasteiger partial charge on any atom is -0.266 e. The molecule has 2 heterocycles. The van der Waals surface area contributed by atoms with Gasteiger partial charge < -0.3 is 0 Å². The van der Waals surface area contributed by atoms with Crippen LogP contribution in [-0.4, -0.2) is 16.8 Å². The SMILES string of the molecule is O=C(NNC(=O)c1sc2ccccc2c1Cl)c1ccccn1. The molecule has 7 heteroatoms. The number of nitrogens with zero attached hydrogens (tertiary/aromatic N) is 1. The predicted molar refractivity (Wildman–Crippen MR) is 86.0 cm³/mol. The first-order chi connectivity index (χ1) is 10.7. The summed E-state index contributed by atoms with van der Waals surface area (Å²) in [6.45, 7) is 0. The van der Waals surface area contributed by atoms with Crippen molar-refractivity contribution in [2.45, 2.75) is 0 Å². The number of carbonyl (C=O) groups is 2. The first-order valence-electron chi connectivity index (χ1n) is 6.35. The molecule has 5 nitrogen and oxygen atoms in total. The van der Waals surface area contributed by atoms with E-state index in [9.17, 15) is 9.59 Å². The summed E-state index contributed by atoms with van der Waals surface area (Å²) < 4.78 is 0.911. The fourth-order valence-corrected chi connectivity index (χ4v) is 3.30. The Morgan fingerprint density at radius 1 is 1.00 bits per heavy atom. The average Bonchev–Trinajstić information content (AvgIpc) is 2.90. The van der Waals surface area contributed by atoms with E-state index in [0.29, 0.717) is 9.90 Å². The minimum absolute atomic E-state index is 0.213. The Morgan fingerprint density at radius 3 is 2.45 bits per heavy atom. The van der Waals surface area contributed by atoms with Gasteiger partial charge in [-0.05, 0) is 18.2 Å². The van der Waals surface area contributed by atoms with Crippen LogP contribution in [0.5, 0.6) is 0 Å². The number of carbonyl (C=O) groups excluding carboxylic acids is 2. The summed E-state index contributed by atoms with van der Waals surface area (Å²) in [5.74, 6) is -0.957. The quantitative estimate of drug-likeness (QED) is 0.709. The van der Waals surface area contributed by atoms with Crippen molar-refractivity contribution in [3.05, 3.63) is 64.3 Å². The van der Waals surface area contributed by atoms with Crippen LogP contribution in [0.4, 0.5) is 0 Å². The number of benzene rings is 1. The zero-order chi connectivity index (χ0) is 15.5. The number of amides is 2. The summed E-state index contributed by atoms with van der Waals surface area (Å²) in [5.41, 5.74) is 4.88. The number of nitrogens with one attached hydrogen (secondary N) is 2. The van der Waals surface area contributed by atoms with E-state index in [0.717, 1.165) is 10.1 Å². The Morgan fingerprint density at radius 2 is 1.73 bits per heavy atom. The zero-order valence-corrected chi connectivity index (χ0v) is 12.7. The van der Waals surface area contributed by atoms with Gasteiger partial charge >= 0.3 is 0 Å². The van der Waals surface area contributed by atoms with Crippen LogP contribution in [0.15, 0.2) is 48.7 Å². The van der Waals surface area contributed by atoms with Crippen molar-refractivity contribution in [1.29, 1.82) is 0 Å². The number of hydrogen-bond acceptors (Lipinski definition) is 4. The Bertz CT molecular complexity index is 848. The first-order valence-corrected chi connectivity index (χ1v) is 7.55. The van der Waals surface area contributed by atoms with Crippen molar-refractivity contribution in [3.8, 4) is 0 Å². The van der Waals surface area contributed by atoms with Gasteiger partial charge in [-0.3, -0.25) is 25.4 Å². The van der Waals surface area contributed by atoms with Crippen LogP contribution in [-0.2, 0) is 0 Å². The Labute approximate surface area is 134 Å². The molecule has 2 amide bonds. The molecule has 0 aliphatic rings. The number of halogens is 1. The lowest BCUT2D eigenvalue weighted by molar-refractivity contribution is 0.0846. The number of aromatic nitrogens is 1. The molecule has 0 radical (unpaired) electrons. The predicted octanol–water partition coefficient (Wildman–Crippen LogP) is 3.02. The third-order valence-corrected chi connectivity index (χ3v) is 4.60. The van der Waals surface area contributed by atoms with E-state index >= 15 is 0 Å². The van der Waals surface area contributed by atoms with Gasteiger partial charge in [0.05, 0.1) is 5.02 Å². The molecule has 0 aliphatic heterocycles. The van der Waals surface area contributed by atoms with Crippen molar-refractivity contribution < 1.29 is 9.59 Å². The summed E-state index contributed by atoms with van der Waals surface area (Å²) in [5, 5.41) is 1.19. The Balaban J connectivity index is 1.74. The van der Waals surface area contributed by atoms with Gasteiger partial charge in [-0.2, -0.15) is 0 Å². The largest absolute Gasteiger partial charge is 0.288 e. The molecule has 0 spiro atoms.